The lowest BCUT2D eigenvalue weighted by Crippen LogP contribution is -2.52. The van der Waals surface area contributed by atoms with Gasteiger partial charge >= 0.3 is 0 Å². The molecule has 0 radical (unpaired) electrons. The summed E-state index contributed by atoms with van der Waals surface area (Å²) in [6, 6.07) is 16.9. The van der Waals surface area contributed by atoms with Gasteiger partial charge in [0.25, 0.3) is 10.0 Å². The van der Waals surface area contributed by atoms with Crippen LogP contribution >= 0.6 is 23.2 Å². The first kappa shape index (κ1) is 32.2. The van der Waals surface area contributed by atoms with Crippen molar-refractivity contribution in [3.05, 3.63) is 87.9 Å². The highest BCUT2D eigenvalue weighted by molar-refractivity contribution is 7.92. The molecule has 0 aliphatic heterocycles. The van der Waals surface area contributed by atoms with Crippen LogP contribution in [0.3, 0.4) is 0 Å². The fraction of sp³-hybridized carbons (Fsp3) is 0.333. The largest absolute Gasteiger partial charge is 0.494 e. The van der Waals surface area contributed by atoms with Crippen LogP contribution in [-0.4, -0.2) is 50.9 Å². The number of rotatable bonds is 13. The number of benzene rings is 3. The van der Waals surface area contributed by atoms with Gasteiger partial charge < -0.3 is 15.0 Å². The van der Waals surface area contributed by atoms with Crippen LogP contribution in [0.4, 0.5) is 5.69 Å². The lowest BCUT2D eigenvalue weighted by molar-refractivity contribution is -0.140. The number of nitrogens with zero attached hydrogens (tertiary/aromatic N) is 2. The van der Waals surface area contributed by atoms with Crippen LogP contribution in [0.1, 0.15) is 38.3 Å². The summed E-state index contributed by atoms with van der Waals surface area (Å²) in [5.41, 5.74) is 1.62. The average Bonchev–Trinajstić information content (AvgIpc) is 2.94. The molecule has 0 fully saturated rings. The predicted molar refractivity (Wildman–Crippen MR) is 163 cm³/mol. The van der Waals surface area contributed by atoms with Gasteiger partial charge in [-0.05, 0) is 75.7 Å². The van der Waals surface area contributed by atoms with E-state index in [1.54, 1.807) is 68.4 Å². The Bertz CT molecular complexity index is 1430. The van der Waals surface area contributed by atoms with E-state index in [1.807, 2.05) is 13.8 Å². The first-order valence-corrected chi connectivity index (χ1v) is 15.5. The zero-order valence-corrected chi connectivity index (χ0v) is 25.9. The van der Waals surface area contributed by atoms with Gasteiger partial charge in [0.05, 0.1) is 17.2 Å². The Morgan fingerprint density at radius 1 is 0.927 bits per heavy atom. The van der Waals surface area contributed by atoms with Crippen LogP contribution in [0.5, 0.6) is 5.75 Å². The molecule has 0 aliphatic rings. The van der Waals surface area contributed by atoms with Crippen molar-refractivity contribution >= 4 is 50.7 Å². The van der Waals surface area contributed by atoms with Crippen molar-refractivity contribution in [1.82, 2.24) is 10.2 Å². The van der Waals surface area contributed by atoms with Gasteiger partial charge in [-0.2, -0.15) is 0 Å². The smallest absolute Gasteiger partial charge is 0.264 e. The third-order valence-electron chi connectivity index (χ3n) is 6.45. The SMILES string of the molecule is CCNC(=O)[C@@H](CC)N(Cc1c(Cl)cccc1Cl)C(=O)CN(c1ccc(OCC)cc1)S(=O)(=O)c1ccc(C)cc1. The number of carbonyl (C=O) groups excluding carboxylic acids is 2. The third kappa shape index (κ3) is 7.93. The number of halogens is 2. The second-order valence-corrected chi connectivity index (χ2v) is 12.0. The van der Waals surface area contributed by atoms with Crippen molar-refractivity contribution in [3.8, 4) is 5.75 Å². The maximum Gasteiger partial charge on any atom is 0.264 e. The molecule has 8 nitrogen and oxygen atoms in total. The molecule has 1 N–H and O–H groups in total. The monoisotopic (exact) mass is 619 g/mol. The van der Waals surface area contributed by atoms with Crippen LogP contribution in [-0.2, 0) is 26.2 Å². The molecule has 0 heterocycles. The lowest BCUT2D eigenvalue weighted by atomic mass is 10.1. The lowest BCUT2D eigenvalue weighted by Gasteiger charge is -2.33. The van der Waals surface area contributed by atoms with Gasteiger partial charge in [0.1, 0.15) is 18.3 Å². The van der Waals surface area contributed by atoms with Gasteiger partial charge in [-0.3, -0.25) is 13.9 Å². The number of ether oxygens (including phenoxy) is 1. The molecular formula is C30H35Cl2N3O5S. The molecule has 0 bridgehead atoms. The van der Waals surface area contributed by atoms with Crippen molar-refractivity contribution in [2.75, 3.05) is 24.0 Å². The zero-order chi connectivity index (χ0) is 30.2. The number of hydrogen-bond acceptors (Lipinski definition) is 5. The van der Waals surface area contributed by atoms with E-state index >= 15 is 0 Å². The van der Waals surface area contributed by atoms with Crippen molar-refractivity contribution in [1.29, 1.82) is 0 Å². The van der Waals surface area contributed by atoms with E-state index in [2.05, 4.69) is 5.32 Å². The number of nitrogens with one attached hydrogen (secondary N) is 1. The Labute approximate surface area is 252 Å². The fourth-order valence-electron chi connectivity index (χ4n) is 4.31. The standard InChI is InChI=1S/C30H35Cl2N3O5S/c1-5-28(30(37)33-6-2)34(19-25-26(31)9-8-10-27(25)32)29(36)20-35(22-13-15-23(16-14-22)40-7-3)41(38,39)24-17-11-21(4)12-18-24/h8-18,28H,5-7,19-20H2,1-4H3,(H,33,37)/t28-/m1/s1. The summed E-state index contributed by atoms with van der Waals surface area (Å²) in [6.45, 7) is 7.42. The highest BCUT2D eigenvalue weighted by atomic mass is 35.5. The fourth-order valence-corrected chi connectivity index (χ4v) is 6.24. The minimum atomic E-state index is -4.18. The van der Waals surface area contributed by atoms with Gasteiger partial charge in [0, 0.05) is 28.7 Å². The summed E-state index contributed by atoms with van der Waals surface area (Å²) in [4.78, 5) is 28.5. The first-order chi connectivity index (χ1) is 19.5. The molecule has 0 spiro atoms. The van der Waals surface area contributed by atoms with Crippen molar-refractivity contribution < 1.29 is 22.7 Å². The number of amides is 2. The molecule has 41 heavy (non-hydrogen) atoms. The van der Waals surface area contributed by atoms with Crippen LogP contribution < -0.4 is 14.4 Å². The first-order valence-electron chi connectivity index (χ1n) is 13.4. The third-order valence-corrected chi connectivity index (χ3v) is 8.95. The van der Waals surface area contributed by atoms with Crippen molar-refractivity contribution in [2.24, 2.45) is 0 Å². The maximum absolute atomic E-state index is 14.1. The molecule has 0 saturated heterocycles. The predicted octanol–water partition coefficient (Wildman–Crippen LogP) is 5.84. The van der Waals surface area contributed by atoms with E-state index in [1.165, 1.54) is 17.0 Å². The summed E-state index contributed by atoms with van der Waals surface area (Å²) >= 11 is 12.9. The Morgan fingerprint density at radius 3 is 2.07 bits per heavy atom. The number of aryl methyl sites for hydroxylation is 1. The van der Waals surface area contributed by atoms with E-state index in [-0.39, 0.29) is 29.5 Å². The molecule has 0 saturated carbocycles. The van der Waals surface area contributed by atoms with Crippen molar-refractivity contribution in [3.63, 3.8) is 0 Å². The average molecular weight is 621 g/mol. The Morgan fingerprint density at radius 2 is 1.54 bits per heavy atom. The topological polar surface area (TPSA) is 96.0 Å². The Kier molecular flexibility index (Phi) is 11.5. The molecule has 0 unspecified atom stereocenters. The summed E-state index contributed by atoms with van der Waals surface area (Å²) in [7, 11) is -4.18. The van der Waals surface area contributed by atoms with Gasteiger partial charge in [0.15, 0.2) is 0 Å². The van der Waals surface area contributed by atoms with Gasteiger partial charge in [0.2, 0.25) is 11.8 Å². The molecule has 3 aromatic rings. The molecule has 0 aliphatic carbocycles. The molecule has 2 amide bonds. The molecule has 1 atom stereocenters. The molecule has 11 heteroatoms. The highest BCUT2D eigenvalue weighted by Crippen LogP contribution is 2.29. The van der Waals surface area contributed by atoms with E-state index in [0.717, 1.165) is 9.87 Å². The molecule has 3 rings (SSSR count). The number of anilines is 1. The normalized spacial score (nSPS) is 12.0. The van der Waals surface area contributed by atoms with E-state index < -0.39 is 28.5 Å². The number of likely N-dealkylation sites (N-methyl/N-ethyl adjacent to an activating group) is 1. The minimum Gasteiger partial charge on any atom is -0.494 e. The van der Waals surface area contributed by atoms with Gasteiger partial charge in [-0.1, -0.05) is 53.9 Å². The highest BCUT2D eigenvalue weighted by Gasteiger charge is 2.34. The van der Waals surface area contributed by atoms with Crippen molar-refractivity contribution in [2.45, 2.75) is 51.6 Å². The van der Waals surface area contributed by atoms with E-state index in [9.17, 15) is 18.0 Å². The zero-order valence-electron chi connectivity index (χ0n) is 23.6. The number of hydrogen-bond donors (Lipinski definition) is 1. The number of sulfonamides is 1. The summed E-state index contributed by atoms with van der Waals surface area (Å²) in [5, 5.41) is 3.43. The summed E-state index contributed by atoms with van der Waals surface area (Å²) in [5.74, 6) is -0.392. The summed E-state index contributed by atoms with van der Waals surface area (Å²) < 4.78 is 34.5. The second-order valence-electron chi connectivity index (χ2n) is 9.29. The van der Waals surface area contributed by atoms with E-state index in [0.29, 0.717) is 34.5 Å². The van der Waals surface area contributed by atoms with Crippen LogP contribution in [0.25, 0.3) is 0 Å². The minimum absolute atomic E-state index is 0.0289. The van der Waals surface area contributed by atoms with Gasteiger partial charge in [-0.15, -0.1) is 0 Å². The Balaban J connectivity index is 2.10. The molecular weight excluding hydrogens is 585 g/mol. The molecule has 0 aromatic heterocycles. The van der Waals surface area contributed by atoms with Crippen LogP contribution in [0.2, 0.25) is 10.0 Å². The molecule has 220 valence electrons. The number of carbonyl (C=O) groups is 2. The molecule has 3 aromatic carbocycles. The second kappa shape index (κ2) is 14.6. The van der Waals surface area contributed by atoms with E-state index in [4.69, 9.17) is 27.9 Å². The summed E-state index contributed by atoms with van der Waals surface area (Å²) in [6.07, 6.45) is 0.285. The van der Waals surface area contributed by atoms with Crippen LogP contribution in [0.15, 0.2) is 71.6 Å². The Hall–Kier alpha value is -3.27. The maximum atomic E-state index is 14.1. The van der Waals surface area contributed by atoms with Gasteiger partial charge in [-0.25, -0.2) is 8.42 Å². The quantitative estimate of drug-likeness (QED) is 0.259. The van der Waals surface area contributed by atoms with Crippen LogP contribution in [0, 0.1) is 6.92 Å².